The van der Waals surface area contributed by atoms with Crippen LogP contribution in [0.15, 0.2) is 23.6 Å². The van der Waals surface area contributed by atoms with E-state index in [-0.39, 0.29) is 24.5 Å². The maximum atomic E-state index is 12.9. The lowest BCUT2D eigenvalue weighted by atomic mass is 9.89. The molecule has 0 spiro atoms. The van der Waals surface area contributed by atoms with E-state index in [1.54, 1.807) is 18.3 Å². The predicted molar refractivity (Wildman–Crippen MR) is 122 cm³/mol. The van der Waals surface area contributed by atoms with Gasteiger partial charge in [-0.05, 0) is 69.6 Å². The summed E-state index contributed by atoms with van der Waals surface area (Å²) in [4.78, 5) is 31.8. The SMILES string of the molecule is CCCc1nc(-c2ccc3c(c2)N(CC(=O)OC2CCC(C)CC2)C(=O)C(C)O3)cs1. The largest absolute Gasteiger partial charge is 0.479 e. The Hall–Kier alpha value is -2.41. The number of carbonyl (C=O) groups excluding carboxylic acids is 2. The highest BCUT2D eigenvalue weighted by molar-refractivity contribution is 7.09. The molecule has 0 N–H and O–H groups in total. The van der Waals surface area contributed by atoms with Crippen LogP contribution in [0.4, 0.5) is 5.69 Å². The lowest BCUT2D eigenvalue weighted by Gasteiger charge is -2.33. The number of amides is 1. The third kappa shape index (κ3) is 4.92. The van der Waals surface area contributed by atoms with Crippen molar-refractivity contribution >= 4 is 28.9 Å². The number of benzene rings is 1. The van der Waals surface area contributed by atoms with E-state index < -0.39 is 6.10 Å². The number of carbonyl (C=O) groups is 2. The molecule has 1 saturated carbocycles. The van der Waals surface area contributed by atoms with Crippen molar-refractivity contribution in [3.05, 3.63) is 28.6 Å². The monoisotopic (exact) mass is 442 g/mol. The third-order valence-electron chi connectivity index (χ3n) is 6.03. The molecule has 31 heavy (non-hydrogen) atoms. The summed E-state index contributed by atoms with van der Waals surface area (Å²) in [6.45, 7) is 5.97. The Morgan fingerprint density at radius 1 is 1.26 bits per heavy atom. The normalized spacial score (nSPS) is 23.3. The van der Waals surface area contributed by atoms with Crippen molar-refractivity contribution in [1.29, 1.82) is 0 Å². The number of fused-ring (bicyclic) bond motifs is 1. The number of thiazole rings is 1. The third-order valence-corrected chi connectivity index (χ3v) is 6.94. The van der Waals surface area contributed by atoms with Gasteiger partial charge >= 0.3 is 5.97 Å². The Morgan fingerprint density at radius 3 is 2.77 bits per heavy atom. The minimum atomic E-state index is -0.642. The first-order valence-electron chi connectivity index (χ1n) is 11.2. The average molecular weight is 443 g/mol. The van der Waals surface area contributed by atoms with E-state index in [1.807, 2.05) is 23.6 Å². The van der Waals surface area contributed by atoms with Gasteiger partial charge in [0.1, 0.15) is 18.4 Å². The molecule has 1 aliphatic carbocycles. The Labute approximate surface area is 187 Å². The van der Waals surface area contributed by atoms with Gasteiger partial charge in [-0.2, -0.15) is 0 Å². The van der Waals surface area contributed by atoms with Crippen LogP contribution >= 0.6 is 11.3 Å². The summed E-state index contributed by atoms with van der Waals surface area (Å²) in [6, 6.07) is 5.69. The fourth-order valence-corrected chi connectivity index (χ4v) is 5.11. The lowest BCUT2D eigenvalue weighted by Crippen LogP contribution is -2.47. The fraction of sp³-hybridized carbons (Fsp3) is 0.542. The molecule has 0 saturated heterocycles. The summed E-state index contributed by atoms with van der Waals surface area (Å²) in [5, 5.41) is 3.13. The number of esters is 1. The van der Waals surface area contributed by atoms with Crippen LogP contribution < -0.4 is 9.64 Å². The smallest absolute Gasteiger partial charge is 0.326 e. The molecule has 1 fully saturated rings. The van der Waals surface area contributed by atoms with Crippen LogP contribution in [0.1, 0.15) is 57.9 Å². The van der Waals surface area contributed by atoms with Gasteiger partial charge in [-0.1, -0.05) is 13.8 Å². The fourth-order valence-electron chi connectivity index (χ4n) is 4.20. The summed E-state index contributed by atoms with van der Waals surface area (Å²) < 4.78 is 11.5. The van der Waals surface area contributed by atoms with E-state index >= 15 is 0 Å². The van der Waals surface area contributed by atoms with Crippen LogP contribution in [0.2, 0.25) is 0 Å². The van der Waals surface area contributed by atoms with E-state index in [2.05, 4.69) is 13.8 Å². The van der Waals surface area contributed by atoms with Crippen LogP contribution in [0.25, 0.3) is 11.3 Å². The summed E-state index contributed by atoms with van der Waals surface area (Å²) >= 11 is 1.64. The molecule has 2 aliphatic rings. The number of rotatable bonds is 6. The van der Waals surface area contributed by atoms with Crippen LogP contribution in [-0.2, 0) is 20.7 Å². The van der Waals surface area contributed by atoms with Crippen LogP contribution in [0, 0.1) is 5.92 Å². The van der Waals surface area contributed by atoms with Crippen molar-refractivity contribution in [2.45, 2.75) is 71.5 Å². The molecule has 1 atom stereocenters. The molecule has 1 amide bonds. The quantitative estimate of drug-likeness (QED) is 0.589. The lowest BCUT2D eigenvalue weighted by molar-refractivity contribution is -0.150. The zero-order valence-electron chi connectivity index (χ0n) is 18.4. The van der Waals surface area contributed by atoms with Crippen molar-refractivity contribution in [1.82, 2.24) is 4.98 Å². The Bertz CT molecular complexity index is 949. The van der Waals surface area contributed by atoms with E-state index in [9.17, 15) is 9.59 Å². The summed E-state index contributed by atoms with van der Waals surface area (Å²) in [5.41, 5.74) is 2.38. The van der Waals surface area contributed by atoms with Gasteiger partial charge in [0.05, 0.1) is 16.4 Å². The number of aromatic nitrogens is 1. The number of aryl methyl sites for hydroxylation is 1. The average Bonchev–Trinajstić information content (AvgIpc) is 3.22. The van der Waals surface area contributed by atoms with E-state index in [0.717, 1.165) is 54.8 Å². The van der Waals surface area contributed by atoms with Crippen LogP contribution in [0.3, 0.4) is 0 Å². The van der Waals surface area contributed by atoms with Gasteiger partial charge in [0.2, 0.25) is 0 Å². The molecule has 1 aromatic carbocycles. The first kappa shape index (κ1) is 21.8. The Morgan fingerprint density at radius 2 is 2.03 bits per heavy atom. The highest BCUT2D eigenvalue weighted by Crippen LogP contribution is 2.38. The van der Waals surface area contributed by atoms with Gasteiger partial charge in [0.25, 0.3) is 5.91 Å². The zero-order chi connectivity index (χ0) is 22.0. The number of hydrogen-bond donors (Lipinski definition) is 0. The molecule has 4 rings (SSSR count). The number of hydrogen-bond acceptors (Lipinski definition) is 6. The van der Waals surface area contributed by atoms with Crippen molar-refractivity contribution in [2.24, 2.45) is 5.92 Å². The first-order chi connectivity index (χ1) is 14.9. The van der Waals surface area contributed by atoms with E-state index in [4.69, 9.17) is 14.5 Å². The highest BCUT2D eigenvalue weighted by atomic mass is 32.1. The number of nitrogens with zero attached hydrogens (tertiary/aromatic N) is 2. The topological polar surface area (TPSA) is 68.7 Å². The van der Waals surface area contributed by atoms with E-state index in [1.165, 1.54) is 4.90 Å². The minimum absolute atomic E-state index is 0.0462. The summed E-state index contributed by atoms with van der Waals surface area (Å²) in [6.07, 6.45) is 5.25. The van der Waals surface area contributed by atoms with Gasteiger partial charge < -0.3 is 9.47 Å². The molecule has 7 heteroatoms. The van der Waals surface area contributed by atoms with Crippen LogP contribution in [-0.4, -0.2) is 35.6 Å². The maximum absolute atomic E-state index is 12.9. The standard InChI is InChI=1S/C24H30N2O4S/c1-4-5-22-25-19(14-31-22)17-8-11-21-20(12-17)26(24(28)16(3)29-21)13-23(27)30-18-9-6-15(2)7-10-18/h8,11-12,14-16,18H,4-7,9-10,13H2,1-3H3. The molecule has 166 valence electrons. The molecule has 2 aromatic rings. The minimum Gasteiger partial charge on any atom is -0.479 e. The number of anilines is 1. The van der Waals surface area contributed by atoms with Crippen LogP contribution in [0.5, 0.6) is 5.75 Å². The van der Waals surface area contributed by atoms with E-state index in [0.29, 0.717) is 17.4 Å². The zero-order valence-corrected chi connectivity index (χ0v) is 19.2. The van der Waals surface area contributed by atoms with Crippen molar-refractivity contribution in [3.63, 3.8) is 0 Å². The van der Waals surface area contributed by atoms with Gasteiger partial charge in [-0.25, -0.2) is 4.98 Å². The molecule has 6 nitrogen and oxygen atoms in total. The molecule has 0 bridgehead atoms. The van der Waals surface area contributed by atoms with Crippen molar-refractivity contribution in [2.75, 3.05) is 11.4 Å². The Balaban J connectivity index is 1.54. The maximum Gasteiger partial charge on any atom is 0.326 e. The first-order valence-corrected chi connectivity index (χ1v) is 12.1. The molecule has 1 aromatic heterocycles. The van der Waals surface area contributed by atoms with Crippen molar-refractivity contribution < 1.29 is 19.1 Å². The molecule has 1 aliphatic heterocycles. The van der Waals surface area contributed by atoms with Gasteiger partial charge in [0.15, 0.2) is 6.10 Å². The second-order valence-corrected chi connectivity index (χ2v) is 9.56. The predicted octanol–water partition coefficient (Wildman–Crippen LogP) is 5.00. The Kier molecular flexibility index (Phi) is 6.60. The second kappa shape index (κ2) is 9.39. The summed E-state index contributed by atoms with van der Waals surface area (Å²) in [7, 11) is 0. The molecule has 1 unspecified atom stereocenters. The molecule has 0 radical (unpaired) electrons. The van der Waals surface area contributed by atoms with Gasteiger partial charge in [-0.3, -0.25) is 14.5 Å². The van der Waals surface area contributed by atoms with Gasteiger partial charge in [0, 0.05) is 10.9 Å². The molecular weight excluding hydrogens is 412 g/mol. The van der Waals surface area contributed by atoms with Gasteiger partial charge in [-0.15, -0.1) is 11.3 Å². The molecule has 2 heterocycles. The molecular formula is C24H30N2O4S. The van der Waals surface area contributed by atoms with Crippen molar-refractivity contribution in [3.8, 4) is 17.0 Å². The highest BCUT2D eigenvalue weighted by Gasteiger charge is 2.34. The second-order valence-electron chi connectivity index (χ2n) is 8.62. The number of ether oxygens (including phenoxy) is 2. The summed E-state index contributed by atoms with van der Waals surface area (Å²) in [5.74, 6) is 0.686.